The Kier molecular flexibility index (Phi) is 6.20. The summed E-state index contributed by atoms with van der Waals surface area (Å²) in [7, 11) is 0. The molecule has 0 spiro atoms. The number of benzene rings is 4. The van der Waals surface area contributed by atoms with Gasteiger partial charge in [0.1, 0.15) is 42.9 Å². The summed E-state index contributed by atoms with van der Waals surface area (Å²) in [4.78, 5) is 7.97. The summed E-state index contributed by atoms with van der Waals surface area (Å²) in [6.07, 6.45) is 0. The number of para-hydroxylation sites is 2. The van der Waals surface area contributed by atoms with Crippen LogP contribution < -0.4 is 14.2 Å². The molecule has 1 N–H and O–H groups in total. The lowest BCUT2D eigenvalue weighted by molar-refractivity contribution is 0.217. The Morgan fingerprint density at radius 3 is 1.82 bits per heavy atom. The predicted molar refractivity (Wildman–Crippen MR) is 130 cm³/mol. The summed E-state index contributed by atoms with van der Waals surface area (Å²) in [6.45, 7) is 1.45. The summed E-state index contributed by atoms with van der Waals surface area (Å²) < 4.78 is 17.4. The normalized spacial score (nSPS) is 10.8. The van der Waals surface area contributed by atoms with Crippen LogP contribution in [-0.4, -0.2) is 23.2 Å². The van der Waals surface area contributed by atoms with E-state index in [0.29, 0.717) is 19.8 Å². The molecule has 0 atom stereocenters. The molecule has 0 unspecified atom stereocenters. The maximum Gasteiger partial charge on any atom is 0.138 e. The van der Waals surface area contributed by atoms with E-state index in [4.69, 9.17) is 14.2 Å². The van der Waals surface area contributed by atoms with Gasteiger partial charge in [-0.2, -0.15) is 0 Å². The molecule has 164 valence electrons. The van der Waals surface area contributed by atoms with Crippen molar-refractivity contribution in [2.24, 2.45) is 0 Å². The highest BCUT2D eigenvalue weighted by Gasteiger charge is 2.05. The fraction of sp³-hybridized carbons (Fsp3) is 0.107. The second kappa shape index (κ2) is 9.92. The number of fused-ring (bicyclic) bond motifs is 1. The van der Waals surface area contributed by atoms with Crippen LogP contribution in [0, 0.1) is 0 Å². The molecule has 0 radical (unpaired) electrons. The summed E-state index contributed by atoms with van der Waals surface area (Å²) >= 11 is 0. The van der Waals surface area contributed by atoms with Crippen molar-refractivity contribution in [2.75, 3.05) is 13.2 Å². The van der Waals surface area contributed by atoms with Crippen LogP contribution in [0.5, 0.6) is 17.2 Å². The van der Waals surface area contributed by atoms with Gasteiger partial charge in [0, 0.05) is 5.56 Å². The molecule has 4 aromatic carbocycles. The summed E-state index contributed by atoms with van der Waals surface area (Å²) in [5.41, 5.74) is 4.14. The minimum atomic E-state index is 0.454. The molecule has 5 nitrogen and oxygen atoms in total. The van der Waals surface area contributed by atoms with Crippen molar-refractivity contribution < 1.29 is 14.2 Å². The van der Waals surface area contributed by atoms with E-state index in [0.717, 1.165) is 45.2 Å². The second-order valence-electron chi connectivity index (χ2n) is 7.57. The number of ether oxygens (including phenoxy) is 3. The Bertz CT molecular complexity index is 1260. The van der Waals surface area contributed by atoms with E-state index in [-0.39, 0.29) is 0 Å². The van der Waals surface area contributed by atoms with Gasteiger partial charge in [-0.3, -0.25) is 0 Å². The Labute approximate surface area is 192 Å². The lowest BCUT2D eigenvalue weighted by atomic mass is 10.2. The standard InChI is InChI=1S/C28H24N2O3/c1-2-6-21(7-3-1)20-33-25-16-14-24(15-17-25)32-19-18-31-23-12-10-22(11-13-23)28-29-26-8-4-5-9-27(26)30-28/h1-17H,18-20H2,(H,29,30). The third kappa shape index (κ3) is 5.33. The highest BCUT2D eigenvalue weighted by atomic mass is 16.5. The SMILES string of the molecule is c1ccc(COc2ccc(OCCOc3ccc(-c4nc5ccccc5[nH]4)cc3)cc2)cc1. The Hall–Kier alpha value is -4.25. The number of hydrogen-bond donors (Lipinski definition) is 1. The molecule has 0 saturated heterocycles. The molecule has 0 aliphatic heterocycles. The molecule has 5 heteroatoms. The summed E-state index contributed by atoms with van der Waals surface area (Å²) in [5, 5.41) is 0. The number of rotatable bonds is 9. The topological polar surface area (TPSA) is 56.4 Å². The van der Waals surface area contributed by atoms with Gasteiger partial charge in [-0.25, -0.2) is 4.98 Å². The summed E-state index contributed by atoms with van der Waals surface area (Å²) in [6, 6.07) is 33.6. The number of imidazole rings is 1. The van der Waals surface area contributed by atoms with E-state index in [1.165, 1.54) is 0 Å². The molecule has 0 bridgehead atoms. The van der Waals surface area contributed by atoms with Crippen molar-refractivity contribution in [3.05, 3.63) is 109 Å². The average Bonchev–Trinajstić information content (AvgIpc) is 3.31. The molecule has 1 aromatic heterocycles. The lowest BCUT2D eigenvalue weighted by Crippen LogP contribution is -2.08. The largest absolute Gasteiger partial charge is 0.490 e. The minimum Gasteiger partial charge on any atom is -0.490 e. The first-order valence-electron chi connectivity index (χ1n) is 10.9. The molecule has 5 aromatic rings. The zero-order chi connectivity index (χ0) is 22.3. The zero-order valence-corrected chi connectivity index (χ0v) is 18.1. The molecule has 33 heavy (non-hydrogen) atoms. The minimum absolute atomic E-state index is 0.454. The Balaban J connectivity index is 1.07. The highest BCUT2D eigenvalue weighted by Crippen LogP contribution is 2.23. The fourth-order valence-corrected chi connectivity index (χ4v) is 3.49. The third-order valence-electron chi connectivity index (χ3n) is 5.21. The molecule has 1 heterocycles. The maximum absolute atomic E-state index is 5.81. The van der Waals surface area contributed by atoms with Gasteiger partial charge in [-0.15, -0.1) is 0 Å². The number of hydrogen-bond acceptors (Lipinski definition) is 4. The van der Waals surface area contributed by atoms with Crippen molar-refractivity contribution in [1.82, 2.24) is 9.97 Å². The summed E-state index contributed by atoms with van der Waals surface area (Å²) in [5.74, 6) is 3.24. The van der Waals surface area contributed by atoms with Gasteiger partial charge in [0.05, 0.1) is 11.0 Å². The van der Waals surface area contributed by atoms with Crippen LogP contribution in [0.1, 0.15) is 5.56 Å². The molecule has 0 aliphatic carbocycles. The number of nitrogens with zero attached hydrogens (tertiary/aromatic N) is 1. The molecular weight excluding hydrogens is 412 g/mol. The fourth-order valence-electron chi connectivity index (χ4n) is 3.49. The number of aromatic nitrogens is 2. The maximum atomic E-state index is 5.81. The third-order valence-corrected chi connectivity index (χ3v) is 5.21. The van der Waals surface area contributed by atoms with Crippen LogP contribution in [-0.2, 0) is 6.61 Å². The van der Waals surface area contributed by atoms with Crippen molar-refractivity contribution >= 4 is 11.0 Å². The van der Waals surface area contributed by atoms with Crippen LogP contribution >= 0.6 is 0 Å². The first-order valence-corrected chi connectivity index (χ1v) is 10.9. The van der Waals surface area contributed by atoms with E-state index in [1.54, 1.807) is 0 Å². The van der Waals surface area contributed by atoms with Crippen LogP contribution in [0.15, 0.2) is 103 Å². The first kappa shape index (κ1) is 20.6. The molecule has 5 rings (SSSR count). The van der Waals surface area contributed by atoms with Crippen LogP contribution in [0.25, 0.3) is 22.4 Å². The van der Waals surface area contributed by atoms with Crippen molar-refractivity contribution in [3.63, 3.8) is 0 Å². The molecule has 0 saturated carbocycles. The van der Waals surface area contributed by atoms with E-state index in [1.807, 2.05) is 103 Å². The van der Waals surface area contributed by atoms with Gasteiger partial charge in [0.15, 0.2) is 0 Å². The zero-order valence-electron chi connectivity index (χ0n) is 18.1. The van der Waals surface area contributed by atoms with Crippen molar-refractivity contribution in [2.45, 2.75) is 6.61 Å². The van der Waals surface area contributed by atoms with E-state index in [2.05, 4.69) is 9.97 Å². The van der Waals surface area contributed by atoms with Gasteiger partial charge >= 0.3 is 0 Å². The monoisotopic (exact) mass is 436 g/mol. The molecule has 0 fully saturated rings. The van der Waals surface area contributed by atoms with Gasteiger partial charge in [-0.1, -0.05) is 42.5 Å². The lowest BCUT2D eigenvalue weighted by Gasteiger charge is -2.10. The first-order chi connectivity index (χ1) is 16.3. The Morgan fingerprint density at radius 1 is 0.576 bits per heavy atom. The van der Waals surface area contributed by atoms with Gasteiger partial charge < -0.3 is 19.2 Å². The van der Waals surface area contributed by atoms with Gasteiger partial charge in [-0.05, 0) is 66.2 Å². The average molecular weight is 437 g/mol. The molecule has 0 amide bonds. The molecule has 0 aliphatic rings. The Morgan fingerprint density at radius 2 is 1.15 bits per heavy atom. The van der Waals surface area contributed by atoms with Crippen molar-refractivity contribution in [1.29, 1.82) is 0 Å². The van der Waals surface area contributed by atoms with E-state index < -0.39 is 0 Å². The quantitative estimate of drug-likeness (QED) is 0.277. The second-order valence-corrected chi connectivity index (χ2v) is 7.57. The smallest absolute Gasteiger partial charge is 0.138 e. The van der Waals surface area contributed by atoms with E-state index in [9.17, 15) is 0 Å². The van der Waals surface area contributed by atoms with Crippen LogP contribution in [0.3, 0.4) is 0 Å². The number of aromatic amines is 1. The highest BCUT2D eigenvalue weighted by molar-refractivity contribution is 5.79. The van der Waals surface area contributed by atoms with Crippen LogP contribution in [0.4, 0.5) is 0 Å². The van der Waals surface area contributed by atoms with Crippen LogP contribution in [0.2, 0.25) is 0 Å². The predicted octanol–water partition coefficient (Wildman–Crippen LogP) is 6.27. The number of nitrogens with one attached hydrogen (secondary N) is 1. The van der Waals surface area contributed by atoms with Gasteiger partial charge in [0.25, 0.3) is 0 Å². The van der Waals surface area contributed by atoms with E-state index >= 15 is 0 Å². The molecular formula is C28H24N2O3. The van der Waals surface area contributed by atoms with Crippen molar-refractivity contribution in [3.8, 4) is 28.6 Å². The van der Waals surface area contributed by atoms with Gasteiger partial charge in [0.2, 0.25) is 0 Å². The number of H-pyrrole nitrogens is 1.